The highest BCUT2D eigenvalue weighted by Gasteiger charge is 2.21. The van der Waals surface area contributed by atoms with E-state index in [9.17, 15) is 14.7 Å². The summed E-state index contributed by atoms with van der Waals surface area (Å²) in [4.78, 5) is 24.1. The van der Waals surface area contributed by atoms with Crippen molar-refractivity contribution in [1.29, 1.82) is 0 Å². The highest BCUT2D eigenvalue weighted by molar-refractivity contribution is 5.93. The Bertz CT molecular complexity index is 787. The Morgan fingerprint density at radius 1 is 1.23 bits per heavy atom. The van der Waals surface area contributed by atoms with Crippen molar-refractivity contribution in [2.45, 2.75) is 46.8 Å². The smallest absolute Gasteiger partial charge is 0.352 e. The number of pyridine rings is 1. The van der Waals surface area contributed by atoms with Crippen LogP contribution in [-0.2, 0) is 0 Å². The number of rotatable bonds is 4. The van der Waals surface area contributed by atoms with Gasteiger partial charge in [0.25, 0.3) is 0 Å². The molecule has 2 rings (SSSR count). The monoisotopic (exact) mass is 303 g/mol. The molecule has 118 valence electrons. The number of benzene rings is 1. The summed E-state index contributed by atoms with van der Waals surface area (Å²) in [6, 6.07) is 5.09. The molecule has 5 heteroatoms. The molecule has 0 unspecified atom stereocenters. The summed E-state index contributed by atoms with van der Waals surface area (Å²) in [6.07, 6.45) is 0.000986. The van der Waals surface area contributed by atoms with E-state index in [-0.39, 0.29) is 28.8 Å². The first-order chi connectivity index (χ1) is 10.2. The standard InChI is InChI=1S/C17H21NO4/c1-9(2)18-14-8-12(22-10(3)4)6-7-13(14)16(19)11(5)15(18)17(20)21/h6-10H,1-5H3,(H,20,21). The van der Waals surface area contributed by atoms with Crippen molar-refractivity contribution >= 4 is 16.9 Å². The first kappa shape index (κ1) is 16.1. The van der Waals surface area contributed by atoms with Crippen LogP contribution in [0.15, 0.2) is 23.0 Å². The molecule has 0 saturated heterocycles. The largest absolute Gasteiger partial charge is 0.491 e. The van der Waals surface area contributed by atoms with Gasteiger partial charge in [-0.15, -0.1) is 0 Å². The Labute approximate surface area is 129 Å². The third-order valence-corrected chi connectivity index (χ3v) is 3.50. The SMILES string of the molecule is Cc1c(C(=O)O)n(C(C)C)c2cc(OC(C)C)ccc2c1=O. The fourth-order valence-electron chi connectivity index (χ4n) is 2.66. The maximum atomic E-state index is 12.4. The van der Waals surface area contributed by atoms with E-state index in [0.29, 0.717) is 16.7 Å². The average molecular weight is 303 g/mol. The van der Waals surface area contributed by atoms with Crippen molar-refractivity contribution in [2.24, 2.45) is 0 Å². The van der Waals surface area contributed by atoms with Crippen molar-refractivity contribution < 1.29 is 14.6 Å². The van der Waals surface area contributed by atoms with Crippen LogP contribution in [0.4, 0.5) is 0 Å². The minimum absolute atomic E-state index is 0.000986. The summed E-state index contributed by atoms with van der Waals surface area (Å²) >= 11 is 0. The highest BCUT2D eigenvalue weighted by atomic mass is 16.5. The van der Waals surface area contributed by atoms with Crippen LogP contribution in [0.3, 0.4) is 0 Å². The van der Waals surface area contributed by atoms with Gasteiger partial charge >= 0.3 is 5.97 Å². The maximum absolute atomic E-state index is 12.4. The molecular formula is C17H21NO4. The first-order valence-corrected chi connectivity index (χ1v) is 7.32. The predicted octanol–water partition coefficient (Wildman–Crippen LogP) is 3.38. The van der Waals surface area contributed by atoms with Crippen molar-refractivity contribution in [1.82, 2.24) is 4.57 Å². The van der Waals surface area contributed by atoms with Gasteiger partial charge in [0.05, 0.1) is 11.6 Å². The van der Waals surface area contributed by atoms with Gasteiger partial charge < -0.3 is 14.4 Å². The van der Waals surface area contributed by atoms with E-state index in [4.69, 9.17) is 4.74 Å². The van der Waals surface area contributed by atoms with Gasteiger partial charge in [-0.2, -0.15) is 0 Å². The molecule has 0 amide bonds. The van der Waals surface area contributed by atoms with Crippen LogP contribution >= 0.6 is 0 Å². The van der Waals surface area contributed by atoms with Crippen LogP contribution in [0.5, 0.6) is 5.75 Å². The number of aromatic carboxylic acids is 1. The molecule has 1 aromatic carbocycles. The molecule has 0 atom stereocenters. The Morgan fingerprint density at radius 2 is 1.86 bits per heavy atom. The lowest BCUT2D eigenvalue weighted by atomic mass is 10.1. The Morgan fingerprint density at radius 3 is 2.36 bits per heavy atom. The van der Waals surface area contributed by atoms with Crippen LogP contribution in [0, 0.1) is 6.92 Å². The molecule has 5 nitrogen and oxygen atoms in total. The third kappa shape index (κ3) is 2.71. The maximum Gasteiger partial charge on any atom is 0.352 e. The molecule has 0 spiro atoms. The van der Waals surface area contributed by atoms with Gasteiger partial charge in [-0.1, -0.05) is 0 Å². The van der Waals surface area contributed by atoms with Gasteiger partial charge in [-0.05, 0) is 46.8 Å². The fraction of sp³-hybridized carbons (Fsp3) is 0.412. The molecule has 0 radical (unpaired) electrons. The number of aromatic nitrogens is 1. The zero-order valence-electron chi connectivity index (χ0n) is 13.5. The molecule has 1 heterocycles. The molecule has 22 heavy (non-hydrogen) atoms. The van der Waals surface area contributed by atoms with Crippen LogP contribution in [0.2, 0.25) is 0 Å². The number of fused-ring (bicyclic) bond motifs is 1. The van der Waals surface area contributed by atoms with E-state index in [1.54, 1.807) is 29.7 Å². The predicted molar refractivity (Wildman–Crippen MR) is 86.1 cm³/mol. The van der Waals surface area contributed by atoms with Crippen LogP contribution in [0.25, 0.3) is 10.9 Å². The summed E-state index contributed by atoms with van der Waals surface area (Å²) < 4.78 is 7.35. The lowest BCUT2D eigenvalue weighted by Gasteiger charge is -2.21. The molecule has 0 saturated carbocycles. The number of ether oxygens (including phenoxy) is 1. The summed E-state index contributed by atoms with van der Waals surface area (Å²) in [5, 5.41) is 10.0. The Kier molecular flexibility index (Phi) is 4.26. The fourth-order valence-corrected chi connectivity index (χ4v) is 2.66. The van der Waals surface area contributed by atoms with E-state index in [2.05, 4.69) is 0 Å². The average Bonchev–Trinajstić information content (AvgIpc) is 2.40. The molecule has 1 N–H and O–H groups in total. The third-order valence-electron chi connectivity index (χ3n) is 3.50. The molecule has 0 aliphatic carbocycles. The molecule has 0 aliphatic rings. The van der Waals surface area contributed by atoms with E-state index in [1.165, 1.54) is 0 Å². The number of carbonyl (C=O) groups is 1. The Balaban J connectivity index is 2.91. The second-order valence-corrected chi connectivity index (χ2v) is 5.92. The van der Waals surface area contributed by atoms with Gasteiger partial charge in [0, 0.05) is 23.1 Å². The molecule has 2 aromatic rings. The number of carboxylic acid groups (broad SMARTS) is 1. The molecule has 0 bridgehead atoms. The summed E-state index contributed by atoms with van der Waals surface area (Å²) in [6.45, 7) is 9.18. The molecular weight excluding hydrogens is 282 g/mol. The summed E-state index contributed by atoms with van der Waals surface area (Å²) in [5.41, 5.74) is 0.627. The van der Waals surface area contributed by atoms with E-state index in [0.717, 1.165) is 0 Å². The van der Waals surface area contributed by atoms with Crippen molar-refractivity contribution in [3.8, 4) is 5.75 Å². The topological polar surface area (TPSA) is 68.5 Å². The minimum Gasteiger partial charge on any atom is -0.491 e. The highest BCUT2D eigenvalue weighted by Crippen LogP contribution is 2.25. The number of nitrogens with zero attached hydrogens (tertiary/aromatic N) is 1. The number of hydrogen-bond acceptors (Lipinski definition) is 3. The number of carboxylic acids is 1. The summed E-state index contributed by atoms with van der Waals surface area (Å²) in [7, 11) is 0. The van der Waals surface area contributed by atoms with E-state index in [1.807, 2.05) is 27.7 Å². The lowest BCUT2D eigenvalue weighted by Crippen LogP contribution is -2.23. The summed E-state index contributed by atoms with van der Waals surface area (Å²) in [5.74, 6) is -0.475. The van der Waals surface area contributed by atoms with Crippen molar-refractivity contribution in [2.75, 3.05) is 0 Å². The van der Waals surface area contributed by atoms with Gasteiger partial charge in [-0.3, -0.25) is 4.79 Å². The van der Waals surface area contributed by atoms with E-state index < -0.39 is 5.97 Å². The molecule has 0 fully saturated rings. The second-order valence-electron chi connectivity index (χ2n) is 5.92. The lowest BCUT2D eigenvalue weighted by molar-refractivity contribution is 0.0682. The Hall–Kier alpha value is -2.30. The zero-order chi connectivity index (χ0) is 16.6. The van der Waals surface area contributed by atoms with Crippen LogP contribution < -0.4 is 10.2 Å². The van der Waals surface area contributed by atoms with Gasteiger partial charge in [0.15, 0.2) is 5.43 Å². The molecule has 0 aliphatic heterocycles. The van der Waals surface area contributed by atoms with Crippen molar-refractivity contribution in [3.05, 3.63) is 39.7 Å². The minimum atomic E-state index is -1.10. The number of hydrogen-bond donors (Lipinski definition) is 1. The quantitative estimate of drug-likeness (QED) is 0.940. The van der Waals surface area contributed by atoms with E-state index >= 15 is 0 Å². The molecule has 1 aromatic heterocycles. The van der Waals surface area contributed by atoms with Crippen LogP contribution in [0.1, 0.15) is 49.8 Å². The van der Waals surface area contributed by atoms with Crippen molar-refractivity contribution in [3.63, 3.8) is 0 Å². The normalized spacial score (nSPS) is 11.4. The van der Waals surface area contributed by atoms with Gasteiger partial charge in [-0.25, -0.2) is 4.79 Å². The van der Waals surface area contributed by atoms with Gasteiger partial charge in [0.2, 0.25) is 0 Å². The zero-order valence-corrected chi connectivity index (χ0v) is 13.5. The second kappa shape index (κ2) is 5.83. The van der Waals surface area contributed by atoms with Gasteiger partial charge in [0.1, 0.15) is 11.4 Å². The van der Waals surface area contributed by atoms with Crippen LogP contribution in [-0.4, -0.2) is 21.7 Å². The first-order valence-electron chi connectivity index (χ1n) is 7.32.